The highest BCUT2D eigenvalue weighted by atomic mass is 32.2. The van der Waals surface area contributed by atoms with E-state index in [0.717, 1.165) is 6.42 Å². The van der Waals surface area contributed by atoms with Gasteiger partial charge in [0.05, 0.1) is 5.56 Å². The maximum Gasteiger partial charge on any atom is 0.339 e. The number of hydrogen-bond donors (Lipinski definition) is 1. The lowest BCUT2D eigenvalue weighted by molar-refractivity contribution is 0.0428. The molecule has 5 nitrogen and oxygen atoms in total. The van der Waals surface area contributed by atoms with Crippen LogP contribution in [0.1, 0.15) is 36.5 Å². The van der Waals surface area contributed by atoms with Gasteiger partial charge in [0, 0.05) is 6.42 Å². The zero-order valence-electron chi connectivity index (χ0n) is 10.2. The number of carbonyl (C=O) groups is 1. The van der Waals surface area contributed by atoms with Crippen LogP contribution in [-0.2, 0) is 14.8 Å². The summed E-state index contributed by atoms with van der Waals surface area (Å²) >= 11 is 0. The van der Waals surface area contributed by atoms with Crippen molar-refractivity contribution in [2.45, 2.75) is 31.6 Å². The van der Waals surface area contributed by atoms with E-state index in [2.05, 4.69) is 0 Å². The number of benzene rings is 1. The van der Waals surface area contributed by atoms with E-state index in [4.69, 9.17) is 9.88 Å². The topological polar surface area (TPSA) is 86.5 Å². The van der Waals surface area contributed by atoms with Crippen LogP contribution in [0.3, 0.4) is 0 Å². The molecule has 1 rings (SSSR count). The van der Waals surface area contributed by atoms with Crippen molar-refractivity contribution < 1.29 is 17.9 Å². The van der Waals surface area contributed by atoms with Crippen molar-refractivity contribution in [3.05, 3.63) is 35.9 Å². The van der Waals surface area contributed by atoms with Gasteiger partial charge in [-0.1, -0.05) is 31.5 Å². The molecule has 2 N–H and O–H groups in total. The highest BCUT2D eigenvalue weighted by molar-refractivity contribution is 7.89. The Bertz CT molecular complexity index is 484. The summed E-state index contributed by atoms with van der Waals surface area (Å²) in [6.07, 6.45) is 1.64. The Balaban J connectivity index is 2.75. The van der Waals surface area contributed by atoms with Crippen molar-refractivity contribution in [1.82, 2.24) is 0 Å². The molecule has 0 heterocycles. The number of nitrogens with two attached hydrogens (primary N) is 1. The first-order valence-electron chi connectivity index (χ1n) is 5.72. The Morgan fingerprint density at radius 3 is 2.44 bits per heavy atom. The quantitative estimate of drug-likeness (QED) is 0.797. The lowest BCUT2D eigenvalue weighted by atomic mass is 10.2. The number of primary sulfonamides is 1. The SMILES string of the molecule is CCCCC(OC(=O)c1ccccc1)S(N)(=O)=O. The minimum Gasteiger partial charge on any atom is -0.441 e. The number of rotatable bonds is 6. The van der Waals surface area contributed by atoms with E-state index in [0.29, 0.717) is 12.0 Å². The number of carbonyl (C=O) groups excluding carboxylic acids is 1. The Labute approximate surface area is 107 Å². The molecule has 0 aliphatic carbocycles. The normalized spacial score (nSPS) is 13.0. The predicted molar refractivity (Wildman–Crippen MR) is 68.3 cm³/mol. The number of hydrogen-bond acceptors (Lipinski definition) is 4. The fourth-order valence-corrected chi connectivity index (χ4v) is 2.14. The van der Waals surface area contributed by atoms with Gasteiger partial charge in [-0.15, -0.1) is 0 Å². The molecule has 0 fully saturated rings. The second-order valence-electron chi connectivity index (χ2n) is 3.93. The van der Waals surface area contributed by atoms with Gasteiger partial charge in [0.2, 0.25) is 15.5 Å². The Morgan fingerprint density at radius 1 is 1.33 bits per heavy atom. The van der Waals surface area contributed by atoms with Crippen LogP contribution in [0.25, 0.3) is 0 Å². The van der Waals surface area contributed by atoms with Crippen LogP contribution < -0.4 is 5.14 Å². The monoisotopic (exact) mass is 271 g/mol. The molecule has 0 aromatic heterocycles. The van der Waals surface area contributed by atoms with Gasteiger partial charge in [0.15, 0.2) is 0 Å². The maximum absolute atomic E-state index is 11.7. The molecule has 100 valence electrons. The number of sulfonamides is 1. The van der Waals surface area contributed by atoms with Crippen molar-refractivity contribution in [2.24, 2.45) is 5.14 Å². The summed E-state index contributed by atoms with van der Waals surface area (Å²) in [6, 6.07) is 8.22. The third kappa shape index (κ3) is 4.46. The van der Waals surface area contributed by atoms with Crippen LogP contribution >= 0.6 is 0 Å². The summed E-state index contributed by atoms with van der Waals surface area (Å²) in [6.45, 7) is 1.92. The summed E-state index contributed by atoms with van der Waals surface area (Å²) in [7, 11) is -3.88. The van der Waals surface area contributed by atoms with E-state index in [1.165, 1.54) is 0 Å². The molecule has 6 heteroatoms. The molecule has 0 amide bonds. The van der Waals surface area contributed by atoms with Crippen LogP contribution in [-0.4, -0.2) is 19.8 Å². The van der Waals surface area contributed by atoms with Gasteiger partial charge in [-0.2, -0.15) is 0 Å². The first kappa shape index (κ1) is 14.7. The van der Waals surface area contributed by atoms with Crippen molar-refractivity contribution in [3.63, 3.8) is 0 Å². The van der Waals surface area contributed by atoms with E-state index >= 15 is 0 Å². The second-order valence-corrected chi connectivity index (χ2v) is 5.64. The molecule has 18 heavy (non-hydrogen) atoms. The molecule has 1 unspecified atom stereocenters. The Hall–Kier alpha value is -1.40. The maximum atomic E-state index is 11.7. The van der Waals surface area contributed by atoms with E-state index in [9.17, 15) is 13.2 Å². The fraction of sp³-hybridized carbons (Fsp3) is 0.417. The molecule has 0 spiro atoms. The number of ether oxygens (including phenoxy) is 1. The third-order valence-corrected chi connectivity index (χ3v) is 3.47. The van der Waals surface area contributed by atoms with Crippen molar-refractivity contribution in [3.8, 4) is 0 Å². The third-order valence-electron chi connectivity index (χ3n) is 2.41. The molecular weight excluding hydrogens is 254 g/mol. The molecule has 0 saturated carbocycles. The second kappa shape index (κ2) is 6.51. The molecule has 1 aromatic carbocycles. The van der Waals surface area contributed by atoms with Crippen LogP contribution in [0.4, 0.5) is 0 Å². The average Bonchev–Trinajstić information content (AvgIpc) is 2.34. The fourth-order valence-electron chi connectivity index (χ4n) is 1.42. The van der Waals surface area contributed by atoms with Crippen molar-refractivity contribution >= 4 is 16.0 Å². The van der Waals surface area contributed by atoms with E-state index in [-0.39, 0.29) is 6.42 Å². The Morgan fingerprint density at radius 2 is 1.94 bits per heavy atom. The van der Waals surface area contributed by atoms with E-state index in [1.807, 2.05) is 6.92 Å². The minimum atomic E-state index is -3.88. The molecule has 0 aliphatic rings. The molecule has 1 aromatic rings. The molecule has 0 radical (unpaired) electrons. The summed E-state index contributed by atoms with van der Waals surface area (Å²) in [5.41, 5.74) is -0.965. The number of esters is 1. The van der Waals surface area contributed by atoms with Crippen molar-refractivity contribution in [2.75, 3.05) is 0 Å². The lowest BCUT2D eigenvalue weighted by Gasteiger charge is -2.15. The Kier molecular flexibility index (Phi) is 5.30. The lowest BCUT2D eigenvalue weighted by Crippen LogP contribution is -2.33. The number of unbranched alkanes of at least 4 members (excludes halogenated alkanes) is 1. The first-order valence-corrected chi connectivity index (χ1v) is 7.33. The molecular formula is C12H17NO4S. The van der Waals surface area contributed by atoms with Gasteiger partial charge in [-0.3, -0.25) is 0 Å². The van der Waals surface area contributed by atoms with Gasteiger partial charge in [-0.05, 0) is 18.6 Å². The summed E-state index contributed by atoms with van der Waals surface area (Å²) < 4.78 is 27.6. The first-order chi connectivity index (χ1) is 8.45. The summed E-state index contributed by atoms with van der Waals surface area (Å²) in [4.78, 5) is 11.7. The van der Waals surface area contributed by atoms with Gasteiger partial charge in [-0.25, -0.2) is 18.4 Å². The van der Waals surface area contributed by atoms with Crippen LogP contribution in [0.5, 0.6) is 0 Å². The van der Waals surface area contributed by atoms with Gasteiger partial charge < -0.3 is 4.74 Å². The van der Waals surface area contributed by atoms with E-state index in [1.54, 1.807) is 30.3 Å². The smallest absolute Gasteiger partial charge is 0.339 e. The molecule has 0 bridgehead atoms. The van der Waals surface area contributed by atoms with E-state index < -0.39 is 21.4 Å². The van der Waals surface area contributed by atoms with Gasteiger partial charge in [0.1, 0.15) is 0 Å². The highest BCUT2D eigenvalue weighted by Gasteiger charge is 2.25. The standard InChI is InChI=1S/C12H17NO4S/c1-2-3-9-11(18(13,15)16)17-12(14)10-7-5-4-6-8-10/h4-8,11H,2-3,9H2,1H3,(H2,13,15,16). The predicted octanol–water partition coefficient (Wildman–Crippen LogP) is 1.65. The van der Waals surface area contributed by atoms with Crippen LogP contribution in [0.15, 0.2) is 30.3 Å². The summed E-state index contributed by atoms with van der Waals surface area (Å²) in [5, 5.41) is 5.04. The molecule has 1 atom stereocenters. The molecule has 0 saturated heterocycles. The highest BCUT2D eigenvalue weighted by Crippen LogP contribution is 2.12. The van der Waals surface area contributed by atoms with Crippen LogP contribution in [0.2, 0.25) is 0 Å². The zero-order chi connectivity index (χ0) is 13.6. The zero-order valence-corrected chi connectivity index (χ0v) is 11.0. The van der Waals surface area contributed by atoms with Crippen LogP contribution in [0, 0.1) is 0 Å². The van der Waals surface area contributed by atoms with Gasteiger partial charge >= 0.3 is 5.97 Å². The minimum absolute atomic E-state index is 0.216. The largest absolute Gasteiger partial charge is 0.441 e. The average molecular weight is 271 g/mol. The van der Waals surface area contributed by atoms with Gasteiger partial charge in [0.25, 0.3) is 0 Å². The summed E-state index contributed by atoms with van der Waals surface area (Å²) in [5.74, 6) is -0.675. The molecule has 0 aliphatic heterocycles. The van der Waals surface area contributed by atoms with Crippen molar-refractivity contribution in [1.29, 1.82) is 0 Å².